The smallest absolute Gasteiger partial charge is 0.211 e. The number of likely N-dealkylation sites (N-methyl/N-ethyl adjacent to an activating group) is 1. The van der Waals surface area contributed by atoms with E-state index >= 15 is 0 Å². The van der Waals surface area contributed by atoms with Gasteiger partial charge in [0.2, 0.25) is 10.0 Å². The highest BCUT2D eigenvalue weighted by Gasteiger charge is 2.21. The number of nitrogens with one attached hydrogen (secondary N) is 1. The van der Waals surface area contributed by atoms with Crippen LogP contribution >= 0.6 is 0 Å². The van der Waals surface area contributed by atoms with Crippen molar-refractivity contribution in [3.63, 3.8) is 0 Å². The minimum atomic E-state index is -3.04. The van der Waals surface area contributed by atoms with Crippen LogP contribution in [0.5, 0.6) is 0 Å². The van der Waals surface area contributed by atoms with Crippen LogP contribution in [0.4, 0.5) is 0 Å². The minimum absolute atomic E-state index is 0.158. The van der Waals surface area contributed by atoms with Gasteiger partial charge >= 0.3 is 0 Å². The largest absolute Gasteiger partial charge is 0.303 e. The van der Waals surface area contributed by atoms with Crippen molar-refractivity contribution in [2.45, 2.75) is 32.7 Å². The van der Waals surface area contributed by atoms with Crippen LogP contribution in [0.1, 0.15) is 26.7 Å². The first-order valence-corrected chi connectivity index (χ1v) is 8.53. The van der Waals surface area contributed by atoms with E-state index in [-0.39, 0.29) is 5.75 Å². The number of sulfonamides is 1. The van der Waals surface area contributed by atoms with Crippen molar-refractivity contribution in [3.8, 4) is 0 Å². The molecule has 0 spiro atoms. The van der Waals surface area contributed by atoms with E-state index in [1.54, 1.807) is 6.92 Å². The van der Waals surface area contributed by atoms with Crippen LogP contribution in [-0.4, -0.2) is 69.8 Å². The van der Waals surface area contributed by atoms with Crippen molar-refractivity contribution >= 4 is 10.0 Å². The molecular formula is C12H27N3O2S. The molecule has 0 aromatic rings. The van der Waals surface area contributed by atoms with Gasteiger partial charge in [-0.05, 0) is 46.4 Å². The van der Waals surface area contributed by atoms with Crippen molar-refractivity contribution in [3.05, 3.63) is 0 Å². The number of rotatable bonds is 7. The second kappa shape index (κ2) is 7.43. The SMILES string of the molecule is CCN1CCC(N(C)CCNS(=O)(=O)CC)CC1. The topological polar surface area (TPSA) is 52.6 Å². The van der Waals surface area contributed by atoms with Crippen molar-refractivity contribution < 1.29 is 8.42 Å². The second-order valence-corrected chi connectivity index (χ2v) is 7.04. The average molecular weight is 277 g/mol. The second-order valence-electron chi connectivity index (χ2n) is 4.94. The van der Waals surface area contributed by atoms with E-state index in [0.29, 0.717) is 12.6 Å². The highest BCUT2D eigenvalue weighted by atomic mass is 32.2. The summed E-state index contributed by atoms with van der Waals surface area (Å²) in [5, 5.41) is 0. The first-order chi connectivity index (χ1) is 8.48. The van der Waals surface area contributed by atoms with E-state index in [0.717, 1.165) is 26.2 Å². The molecule has 0 aromatic heterocycles. The molecule has 1 fully saturated rings. The highest BCUT2D eigenvalue weighted by Crippen LogP contribution is 2.14. The van der Waals surface area contributed by atoms with E-state index in [1.807, 2.05) is 0 Å². The van der Waals surface area contributed by atoms with Gasteiger partial charge in [0.15, 0.2) is 0 Å². The molecule has 0 radical (unpaired) electrons. The molecule has 18 heavy (non-hydrogen) atoms. The highest BCUT2D eigenvalue weighted by molar-refractivity contribution is 7.89. The molecule has 0 aromatic carbocycles. The first-order valence-electron chi connectivity index (χ1n) is 6.88. The predicted molar refractivity (Wildman–Crippen MR) is 75.2 cm³/mol. The Balaban J connectivity index is 2.23. The van der Waals surface area contributed by atoms with Crippen LogP contribution in [-0.2, 0) is 10.0 Å². The molecule has 1 saturated heterocycles. The Morgan fingerprint density at radius 3 is 2.39 bits per heavy atom. The molecule has 1 aliphatic heterocycles. The van der Waals surface area contributed by atoms with Gasteiger partial charge in [-0.25, -0.2) is 13.1 Å². The average Bonchev–Trinajstić information content (AvgIpc) is 2.38. The third-order valence-corrected chi connectivity index (χ3v) is 5.20. The Labute approximate surface area is 112 Å². The van der Waals surface area contributed by atoms with Gasteiger partial charge in [-0.3, -0.25) is 0 Å². The Morgan fingerprint density at radius 2 is 1.89 bits per heavy atom. The molecule has 0 atom stereocenters. The van der Waals surface area contributed by atoms with Crippen LogP contribution < -0.4 is 4.72 Å². The summed E-state index contributed by atoms with van der Waals surface area (Å²) in [5.74, 6) is 0.158. The zero-order valence-corrected chi connectivity index (χ0v) is 12.7. The first kappa shape index (κ1) is 15.9. The van der Waals surface area contributed by atoms with E-state index in [9.17, 15) is 8.42 Å². The molecule has 108 valence electrons. The Bertz CT molecular complexity index is 324. The summed E-state index contributed by atoms with van der Waals surface area (Å²) < 4.78 is 25.2. The van der Waals surface area contributed by atoms with Gasteiger partial charge in [0.05, 0.1) is 5.75 Å². The fourth-order valence-corrected chi connectivity index (χ4v) is 2.94. The lowest BCUT2D eigenvalue weighted by Gasteiger charge is -2.36. The van der Waals surface area contributed by atoms with Crippen LogP contribution in [0.15, 0.2) is 0 Å². The monoisotopic (exact) mass is 277 g/mol. The van der Waals surface area contributed by atoms with Crippen molar-refractivity contribution in [1.29, 1.82) is 0 Å². The van der Waals surface area contributed by atoms with Crippen LogP contribution in [0.3, 0.4) is 0 Å². The Morgan fingerprint density at radius 1 is 1.28 bits per heavy atom. The molecular weight excluding hydrogens is 250 g/mol. The number of likely N-dealkylation sites (tertiary alicyclic amines) is 1. The number of piperidine rings is 1. The van der Waals surface area contributed by atoms with Crippen molar-refractivity contribution in [2.75, 3.05) is 45.5 Å². The lowest BCUT2D eigenvalue weighted by atomic mass is 10.0. The molecule has 1 heterocycles. The summed E-state index contributed by atoms with van der Waals surface area (Å²) in [4.78, 5) is 4.75. The number of nitrogens with zero attached hydrogens (tertiary/aromatic N) is 2. The lowest BCUT2D eigenvalue weighted by molar-refractivity contribution is 0.133. The normalized spacial score (nSPS) is 19.6. The summed E-state index contributed by atoms with van der Waals surface area (Å²) in [6, 6.07) is 0.596. The third kappa shape index (κ3) is 5.22. The standard InChI is InChI=1S/C12H27N3O2S/c1-4-15-9-6-12(7-10-15)14(3)11-8-13-18(16,17)5-2/h12-13H,4-11H2,1-3H3. The molecule has 1 aliphatic rings. The molecule has 0 bridgehead atoms. The molecule has 6 heteroatoms. The van der Waals surface area contributed by atoms with Gasteiger partial charge in [0.25, 0.3) is 0 Å². The quantitative estimate of drug-likeness (QED) is 0.729. The van der Waals surface area contributed by atoms with Crippen LogP contribution in [0.2, 0.25) is 0 Å². The minimum Gasteiger partial charge on any atom is -0.303 e. The zero-order valence-electron chi connectivity index (χ0n) is 11.9. The molecule has 0 amide bonds. The maximum Gasteiger partial charge on any atom is 0.211 e. The third-order valence-electron chi connectivity index (χ3n) is 3.79. The Kier molecular flexibility index (Phi) is 6.55. The van der Waals surface area contributed by atoms with Gasteiger partial charge in [-0.15, -0.1) is 0 Å². The van der Waals surface area contributed by atoms with Gasteiger partial charge in [0.1, 0.15) is 0 Å². The summed E-state index contributed by atoms with van der Waals surface area (Å²) >= 11 is 0. The number of hydrogen-bond acceptors (Lipinski definition) is 4. The lowest BCUT2D eigenvalue weighted by Crippen LogP contribution is -2.45. The summed E-state index contributed by atoms with van der Waals surface area (Å²) in [5.41, 5.74) is 0. The van der Waals surface area contributed by atoms with Gasteiger partial charge in [0, 0.05) is 19.1 Å². The summed E-state index contributed by atoms with van der Waals surface area (Å²) in [6.45, 7) is 8.61. The Hall–Kier alpha value is -0.170. The maximum absolute atomic E-state index is 11.3. The van der Waals surface area contributed by atoms with Gasteiger partial charge < -0.3 is 9.80 Å². The fourth-order valence-electron chi connectivity index (χ4n) is 2.34. The molecule has 0 saturated carbocycles. The van der Waals surface area contributed by atoms with E-state index < -0.39 is 10.0 Å². The summed E-state index contributed by atoms with van der Waals surface area (Å²) in [6.07, 6.45) is 2.37. The molecule has 0 unspecified atom stereocenters. The maximum atomic E-state index is 11.3. The molecule has 1 N–H and O–H groups in total. The summed E-state index contributed by atoms with van der Waals surface area (Å²) in [7, 11) is -0.954. The van der Waals surface area contributed by atoms with Gasteiger partial charge in [-0.1, -0.05) is 6.92 Å². The number of hydrogen-bond donors (Lipinski definition) is 1. The molecule has 0 aliphatic carbocycles. The predicted octanol–water partition coefficient (Wildman–Crippen LogP) is 0.342. The molecule has 1 rings (SSSR count). The van der Waals surface area contributed by atoms with E-state index in [4.69, 9.17) is 0 Å². The van der Waals surface area contributed by atoms with Crippen LogP contribution in [0, 0.1) is 0 Å². The van der Waals surface area contributed by atoms with E-state index in [1.165, 1.54) is 12.8 Å². The van der Waals surface area contributed by atoms with Crippen LogP contribution in [0.25, 0.3) is 0 Å². The molecule has 5 nitrogen and oxygen atoms in total. The van der Waals surface area contributed by atoms with Crippen molar-refractivity contribution in [2.24, 2.45) is 0 Å². The zero-order chi connectivity index (χ0) is 13.6. The van der Waals surface area contributed by atoms with Crippen molar-refractivity contribution in [1.82, 2.24) is 14.5 Å². The van der Waals surface area contributed by atoms with E-state index in [2.05, 4.69) is 28.5 Å². The fraction of sp³-hybridized carbons (Fsp3) is 1.00. The van der Waals surface area contributed by atoms with Gasteiger partial charge in [-0.2, -0.15) is 0 Å².